The van der Waals surface area contributed by atoms with Gasteiger partial charge in [-0.3, -0.25) is 4.79 Å². The van der Waals surface area contributed by atoms with Crippen LogP contribution in [0.2, 0.25) is 0 Å². The van der Waals surface area contributed by atoms with E-state index in [-0.39, 0.29) is 12.5 Å². The fourth-order valence-corrected chi connectivity index (χ4v) is 1.53. The molecule has 0 aromatic heterocycles. The predicted octanol–water partition coefficient (Wildman–Crippen LogP) is 3.88. The van der Waals surface area contributed by atoms with Crippen LogP contribution in [0.1, 0.15) is 33.1 Å². The molecule has 124 valence electrons. The summed E-state index contributed by atoms with van der Waals surface area (Å²) in [6.07, 6.45) is 0.576. The van der Waals surface area contributed by atoms with Crippen LogP contribution >= 0.6 is 0 Å². The molecule has 1 rings (SSSR count). The summed E-state index contributed by atoms with van der Waals surface area (Å²) in [7, 11) is 0. The van der Waals surface area contributed by atoms with Crippen LogP contribution in [0.3, 0.4) is 0 Å². The van der Waals surface area contributed by atoms with Crippen molar-refractivity contribution in [3.63, 3.8) is 0 Å². The molecule has 3 nitrogen and oxygen atoms in total. The van der Waals surface area contributed by atoms with Crippen molar-refractivity contribution >= 4 is 5.97 Å². The molecular weight excluding hydrogens is 311 g/mol. The van der Waals surface area contributed by atoms with Crippen LogP contribution in [0.4, 0.5) is 22.0 Å². The first-order valence-electron chi connectivity index (χ1n) is 6.59. The van der Waals surface area contributed by atoms with Crippen LogP contribution in [-0.2, 0) is 9.53 Å². The second kappa shape index (κ2) is 8.07. The SMILES string of the molecule is CC(C)OCCCCC(=O)Oc1c(F)c(F)c(F)c(F)c1F. The third-order valence-corrected chi connectivity index (χ3v) is 2.61. The van der Waals surface area contributed by atoms with Gasteiger partial charge in [0.1, 0.15) is 0 Å². The molecule has 0 atom stereocenters. The minimum absolute atomic E-state index is 0.0281. The van der Waals surface area contributed by atoms with Gasteiger partial charge in [0.05, 0.1) is 6.10 Å². The van der Waals surface area contributed by atoms with Crippen molar-refractivity contribution in [3.05, 3.63) is 29.1 Å². The van der Waals surface area contributed by atoms with Gasteiger partial charge in [-0.05, 0) is 26.7 Å². The Labute approximate surface area is 124 Å². The molecule has 0 heterocycles. The van der Waals surface area contributed by atoms with E-state index in [0.29, 0.717) is 19.4 Å². The highest BCUT2D eigenvalue weighted by molar-refractivity contribution is 5.72. The van der Waals surface area contributed by atoms with Gasteiger partial charge < -0.3 is 9.47 Å². The highest BCUT2D eigenvalue weighted by Gasteiger charge is 2.28. The van der Waals surface area contributed by atoms with Crippen molar-refractivity contribution in [1.29, 1.82) is 0 Å². The van der Waals surface area contributed by atoms with Crippen LogP contribution in [-0.4, -0.2) is 18.7 Å². The zero-order valence-electron chi connectivity index (χ0n) is 12.0. The first-order chi connectivity index (χ1) is 10.3. The first-order valence-corrected chi connectivity index (χ1v) is 6.59. The van der Waals surface area contributed by atoms with Gasteiger partial charge in [0, 0.05) is 13.0 Å². The first kappa shape index (κ1) is 18.3. The number of ether oxygens (including phenoxy) is 2. The maximum atomic E-state index is 13.3. The standard InChI is InChI=1S/C14H15F5O3/c1-7(2)21-6-4-3-5-8(20)22-14-12(18)10(16)9(15)11(17)13(14)19/h7H,3-6H2,1-2H3. The minimum atomic E-state index is -2.30. The van der Waals surface area contributed by atoms with Gasteiger partial charge in [-0.25, -0.2) is 13.2 Å². The number of hydrogen-bond acceptors (Lipinski definition) is 3. The normalized spacial score (nSPS) is 11.1. The van der Waals surface area contributed by atoms with Gasteiger partial charge >= 0.3 is 5.97 Å². The molecule has 22 heavy (non-hydrogen) atoms. The van der Waals surface area contributed by atoms with E-state index in [4.69, 9.17) is 4.74 Å². The largest absolute Gasteiger partial charge is 0.420 e. The fraction of sp³-hybridized carbons (Fsp3) is 0.500. The fourth-order valence-electron chi connectivity index (χ4n) is 1.53. The second-order valence-electron chi connectivity index (χ2n) is 4.75. The van der Waals surface area contributed by atoms with E-state index in [9.17, 15) is 26.7 Å². The van der Waals surface area contributed by atoms with Gasteiger partial charge in [-0.2, -0.15) is 8.78 Å². The van der Waals surface area contributed by atoms with Gasteiger partial charge in [0.25, 0.3) is 0 Å². The average molecular weight is 326 g/mol. The van der Waals surface area contributed by atoms with E-state index in [1.165, 1.54) is 0 Å². The Morgan fingerprint density at radius 3 is 1.91 bits per heavy atom. The van der Waals surface area contributed by atoms with Gasteiger partial charge in [-0.1, -0.05) is 0 Å². The van der Waals surface area contributed by atoms with Crippen molar-refractivity contribution in [3.8, 4) is 5.75 Å². The third-order valence-electron chi connectivity index (χ3n) is 2.61. The number of carbonyl (C=O) groups is 1. The van der Waals surface area contributed by atoms with Gasteiger partial charge in [-0.15, -0.1) is 0 Å². The van der Waals surface area contributed by atoms with Crippen molar-refractivity contribution in [1.82, 2.24) is 0 Å². The quantitative estimate of drug-likeness (QED) is 0.190. The summed E-state index contributed by atoms with van der Waals surface area (Å²) >= 11 is 0. The summed E-state index contributed by atoms with van der Waals surface area (Å²) in [4.78, 5) is 11.4. The van der Waals surface area contributed by atoms with E-state index in [1.54, 1.807) is 0 Å². The van der Waals surface area contributed by atoms with Crippen molar-refractivity contribution in [2.24, 2.45) is 0 Å². The number of unbranched alkanes of at least 4 members (excludes halogenated alkanes) is 1. The Bertz CT molecular complexity index is 517. The molecule has 0 aliphatic rings. The predicted molar refractivity (Wildman–Crippen MR) is 66.8 cm³/mol. The zero-order valence-corrected chi connectivity index (χ0v) is 12.0. The number of carbonyl (C=O) groups excluding carboxylic acids is 1. The molecule has 0 saturated heterocycles. The molecule has 0 N–H and O–H groups in total. The van der Waals surface area contributed by atoms with E-state index in [0.717, 1.165) is 0 Å². The van der Waals surface area contributed by atoms with E-state index >= 15 is 0 Å². The zero-order chi connectivity index (χ0) is 16.9. The molecule has 0 aliphatic heterocycles. The van der Waals surface area contributed by atoms with Crippen molar-refractivity contribution in [2.75, 3.05) is 6.61 Å². The lowest BCUT2D eigenvalue weighted by Gasteiger charge is -2.09. The van der Waals surface area contributed by atoms with Crippen LogP contribution < -0.4 is 4.74 Å². The van der Waals surface area contributed by atoms with Gasteiger partial charge in [0.2, 0.25) is 34.8 Å². The lowest BCUT2D eigenvalue weighted by molar-refractivity contribution is -0.135. The van der Waals surface area contributed by atoms with Crippen LogP contribution in [0.25, 0.3) is 0 Å². The third kappa shape index (κ3) is 4.66. The topological polar surface area (TPSA) is 35.5 Å². The summed E-state index contributed by atoms with van der Waals surface area (Å²) in [5.74, 6) is -13.6. The highest BCUT2D eigenvalue weighted by atomic mass is 19.2. The Hall–Kier alpha value is -1.70. The molecule has 0 amide bonds. The highest BCUT2D eigenvalue weighted by Crippen LogP contribution is 2.29. The Balaban J connectivity index is 2.62. The van der Waals surface area contributed by atoms with Gasteiger partial charge in [0.15, 0.2) is 0 Å². The molecule has 0 unspecified atom stereocenters. The lowest BCUT2D eigenvalue weighted by atomic mass is 10.2. The summed E-state index contributed by atoms with van der Waals surface area (Å²) in [6.45, 7) is 4.04. The molecule has 0 saturated carbocycles. The molecule has 0 radical (unpaired) electrons. The van der Waals surface area contributed by atoms with Crippen LogP contribution in [0, 0.1) is 29.1 Å². The number of hydrogen-bond donors (Lipinski definition) is 0. The molecule has 0 bridgehead atoms. The maximum Gasteiger partial charge on any atom is 0.311 e. The summed E-state index contributed by atoms with van der Waals surface area (Å²) in [5.41, 5.74) is 0. The lowest BCUT2D eigenvalue weighted by Crippen LogP contribution is -2.13. The molecule has 0 fully saturated rings. The molecule has 1 aromatic rings. The Kier molecular flexibility index (Phi) is 6.73. The summed E-state index contributed by atoms with van der Waals surface area (Å²) < 4.78 is 74.6. The second-order valence-corrected chi connectivity index (χ2v) is 4.75. The van der Waals surface area contributed by atoms with Crippen molar-refractivity contribution in [2.45, 2.75) is 39.2 Å². The summed E-state index contributed by atoms with van der Waals surface area (Å²) in [6, 6.07) is 0. The summed E-state index contributed by atoms with van der Waals surface area (Å²) in [5, 5.41) is 0. The molecular formula is C14H15F5O3. The molecule has 1 aromatic carbocycles. The monoisotopic (exact) mass is 326 g/mol. The molecule has 0 spiro atoms. The number of benzene rings is 1. The van der Waals surface area contributed by atoms with Crippen LogP contribution in [0.15, 0.2) is 0 Å². The molecule has 0 aliphatic carbocycles. The Morgan fingerprint density at radius 1 is 0.909 bits per heavy atom. The van der Waals surface area contributed by atoms with E-state index in [1.807, 2.05) is 13.8 Å². The number of rotatable bonds is 7. The average Bonchev–Trinajstić information content (AvgIpc) is 2.47. The minimum Gasteiger partial charge on any atom is -0.420 e. The van der Waals surface area contributed by atoms with E-state index in [2.05, 4.69) is 4.74 Å². The van der Waals surface area contributed by atoms with Crippen LogP contribution in [0.5, 0.6) is 5.75 Å². The number of halogens is 5. The Morgan fingerprint density at radius 2 is 1.41 bits per heavy atom. The molecule has 8 heteroatoms. The smallest absolute Gasteiger partial charge is 0.311 e. The van der Waals surface area contributed by atoms with Crippen molar-refractivity contribution < 1.29 is 36.2 Å². The maximum absolute atomic E-state index is 13.3. The number of esters is 1. The van der Waals surface area contributed by atoms with E-state index < -0.39 is 40.8 Å².